The summed E-state index contributed by atoms with van der Waals surface area (Å²) in [4.78, 5) is 22.9. The van der Waals surface area contributed by atoms with Crippen molar-refractivity contribution in [2.75, 3.05) is 30.4 Å². The molecule has 0 aliphatic heterocycles. The second-order valence-electron chi connectivity index (χ2n) is 14.8. The molecule has 0 saturated heterocycles. The first-order valence-corrected chi connectivity index (χ1v) is 20.8. The molecule has 4 aromatic heterocycles. The highest BCUT2D eigenvalue weighted by atomic mass is 79.9. The number of halogens is 4. The van der Waals surface area contributed by atoms with Gasteiger partial charge in [-0.3, -0.25) is 9.59 Å². The van der Waals surface area contributed by atoms with Crippen molar-refractivity contribution in [2.24, 2.45) is 20.5 Å². The van der Waals surface area contributed by atoms with Crippen LogP contribution in [0.15, 0.2) is 57.6 Å². The molecule has 11 N–H and O–H groups in total. The third kappa shape index (κ3) is 20.5. The first-order valence-electron chi connectivity index (χ1n) is 20.3. The predicted molar refractivity (Wildman–Crippen MR) is 227 cm³/mol. The molecular formula is C38H69Br2Cl2N17O3. The van der Waals surface area contributed by atoms with E-state index in [0.29, 0.717) is 67.3 Å². The molecule has 1 amide bonds. The van der Waals surface area contributed by atoms with E-state index in [4.69, 9.17) is 27.8 Å². The summed E-state index contributed by atoms with van der Waals surface area (Å²) in [7, 11) is 0. The minimum atomic E-state index is -0.468. The summed E-state index contributed by atoms with van der Waals surface area (Å²) in [6.07, 6.45) is 17.6. The zero-order valence-electron chi connectivity index (χ0n) is 37.2. The molecule has 62 heavy (non-hydrogen) atoms. The maximum atomic E-state index is 11.8. The third-order valence-corrected chi connectivity index (χ3v) is 8.81. The molecule has 0 atom stereocenters. The Hall–Kier alpha value is -3.96. The van der Waals surface area contributed by atoms with Crippen LogP contribution in [0.25, 0.3) is 0 Å². The molecule has 4 aromatic rings. The maximum absolute atomic E-state index is 11.8. The van der Waals surface area contributed by atoms with E-state index in [0.717, 1.165) is 77.2 Å². The van der Waals surface area contributed by atoms with Gasteiger partial charge in [0, 0.05) is 55.5 Å². The molecule has 352 valence electrons. The van der Waals surface area contributed by atoms with E-state index >= 15 is 0 Å². The molecule has 4 rings (SSSR count). The van der Waals surface area contributed by atoms with Gasteiger partial charge >= 0.3 is 17.9 Å². The quantitative estimate of drug-likeness (QED) is 0.0162. The second kappa shape index (κ2) is 31.8. The second-order valence-corrected chi connectivity index (χ2v) is 15.2. The summed E-state index contributed by atoms with van der Waals surface area (Å²) < 4.78 is 16.9. The number of carbonyl (C=O) groups excluding carboxylic acids is 2. The van der Waals surface area contributed by atoms with Gasteiger partial charge in [0.05, 0.1) is 69.9 Å². The number of hydrogen-bond acceptors (Lipinski definition) is 12. The maximum Gasteiger partial charge on any atom is 0.421 e. The lowest BCUT2D eigenvalue weighted by atomic mass is 10.2. The first kappa shape index (κ1) is 60.1. The van der Waals surface area contributed by atoms with E-state index in [2.05, 4.69) is 64.7 Å². The average Bonchev–Trinajstić information content (AvgIpc) is 3.94. The number of nitrogens with two attached hydrogens (primary N) is 2. The summed E-state index contributed by atoms with van der Waals surface area (Å²) in [6.45, 7) is 17.3. The molecule has 0 aromatic carbocycles. The van der Waals surface area contributed by atoms with E-state index in [-0.39, 0.29) is 64.4 Å². The Bertz CT molecular complexity index is 1920. The summed E-state index contributed by atoms with van der Waals surface area (Å²) in [5.74, 6) is 2.87. The van der Waals surface area contributed by atoms with Crippen molar-refractivity contribution >= 4 is 58.4 Å². The number of amides is 1. The Morgan fingerprint density at radius 2 is 1.29 bits per heavy atom. The molecule has 0 aliphatic carbocycles. The van der Waals surface area contributed by atoms with Crippen molar-refractivity contribution in [1.29, 1.82) is 0 Å². The number of nitrogens with zero attached hydrogens (tertiary/aromatic N) is 12. The SMILES string of the molecule is CCC[n+]1ccn(CCCCl)c1N=Nc1cnn(CCC[NH3+])c1N.CCC[n+]1ccn(CCCNC(C)=O)c1N=Nc1cnn(CCCCC(=O)OC(C)(C)C)c1N.N.[Br-].[Br-].[Cl-]. The number of ether oxygens (including phenoxy) is 1. The van der Waals surface area contributed by atoms with Crippen LogP contribution in [0.3, 0.4) is 0 Å². The van der Waals surface area contributed by atoms with Crippen molar-refractivity contribution in [2.45, 2.75) is 138 Å². The Morgan fingerprint density at radius 3 is 1.73 bits per heavy atom. The minimum absolute atomic E-state index is 0. The molecule has 0 radical (unpaired) electrons. The van der Waals surface area contributed by atoms with Crippen LogP contribution >= 0.6 is 11.6 Å². The lowest BCUT2D eigenvalue weighted by molar-refractivity contribution is -0.683. The van der Waals surface area contributed by atoms with Gasteiger partial charge < -0.3 is 79.8 Å². The fraction of sp³-hybridized carbons (Fsp3) is 0.632. The van der Waals surface area contributed by atoms with Crippen molar-refractivity contribution in [1.82, 2.24) is 40.2 Å². The fourth-order valence-electron chi connectivity index (χ4n) is 5.73. The van der Waals surface area contributed by atoms with Crippen molar-refractivity contribution in [3.8, 4) is 0 Å². The lowest BCUT2D eigenvalue weighted by Gasteiger charge is -2.19. The van der Waals surface area contributed by atoms with Crippen LogP contribution in [0.5, 0.6) is 0 Å². The molecule has 0 fully saturated rings. The van der Waals surface area contributed by atoms with Crippen molar-refractivity contribution in [3.05, 3.63) is 37.2 Å². The van der Waals surface area contributed by atoms with E-state index in [1.165, 1.54) is 6.92 Å². The van der Waals surface area contributed by atoms with E-state index in [9.17, 15) is 9.59 Å². The molecular weight excluding hydrogens is 973 g/mol. The third-order valence-electron chi connectivity index (χ3n) is 8.55. The molecule has 0 spiro atoms. The zero-order chi connectivity index (χ0) is 42.5. The Kier molecular flexibility index (Phi) is 30.9. The number of nitrogen functional groups attached to an aromatic ring is 2. The first-order chi connectivity index (χ1) is 27.8. The van der Waals surface area contributed by atoms with Gasteiger partial charge in [0.15, 0.2) is 23.0 Å². The smallest absolute Gasteiger partial charge is 0.421 e. The van der Waals surface area contributed by atoms with Gasteiger partial charge in [-0.1, -0.05) is 24.1 Å². The van der Waals surface area contributed by atoms with Gasteiger partial charge in [-0.05, 0) is 59.3 Å². The van der Waals surface area contributed by atoms with Gasteiger partial charge in [0.1, 0.15) is 5.60 Å². The lowest BCUT2D eigenvalue weighted by Crippen LogP contribution is -3.00. The number of hydrogen-bond donors (Lipinski definition) is 5. The van der Waals surface area contributed by atoms with Crippen LogP contribution in [0.4, 0.5) is 34.9 Å². The fourth-order valence-corrected chi connectivity index (χ4v) is 5.85. The highest BCUT2D eigenvalue weighted by Gasteiger charge is 2.20. The summed E-state index contributed by atoms with van der Waals surface area (Å²) >= 11 is 5.80. The van der Waals surface area contributed by atoms with Crippen molar-refractivity contribution in [3.63, 3.8) is 0 Å². The van der Waals surface area contributed by atoms with Gasteiger partial charge in [0.2, 0.25) is 5.91 Å². The van der Waals surface area contributed by atoms with Crippen LogP contribution in [0.2, 0.25) is 0 Å². The molecule has 0 saturated carbocycles. The number of alkyl halides is 1. The molecule has 0 aliphatic rings. The Labute approximate surface area is 398 Å². The number of aryl methyl sites for hydroxylation is 6. The highest BCUT2D eigenvalue weighted by Crippen LogP contribution is 2.25. The number of esters is 1. The predicted octanol–water partition coefficient (Wildman–Crippen LogP) is -3.77. The van der Waals surface area contributed by atoms with E-state index in [1.807, 2.05) is 54.7 Å². The Morgan fingerprint density at radius 1 is 0.806 bits per heavy atom. The number of nitrogens with one attached hydrogen (secondary N) is 1. The van der Waals surface area contributed by atoms with Gasteiger partial charge in [0.25, 0.3) is 0 Å². The number of imidazole rings is 2. The summed E-state index contributed by atoms with van der Waals surface area (Å²) in [5, 5.41) is 28.9. The number of quaternary nitrogens is 1. The van der Waals surface area contributed by atoms with Gasteiger partial charge in [-0.15, -0.1) is 11.6 Å². The van der Waals surface area contributed by atoms with Crippen LogP contribution in [0.1, 0.15) is 92.9 Å². The topological polar surface area (TPSA) is 273 Å². The largest absolute Gasteiger partial charge is 1.00 e. The normalized spacial score (nSPS) is 11.0. The number of azo groups is 2. The standard InChI is InChI=1S/C23H38N8O3.C15H25ClN8.2BrH.ClH.H3N/c1-6-12-29-15-16-30(13-9-11-25-18(2)32)22(29)28-27-19-17-26-31(21(19)24)14-8-7-10-20(33)34-23(3,4)5;1-2-7-22-10-11-23(8-3-5-16)15(22)21-20-13-12-19-24(14(13)18)9-4-6-17;;;;/h15-17,24H,6-14H2,1-5H3,(H,25,32);10-12,18H,2-9,17H2,1H3;3*1H;1H3. The number of aromatic nitrogens is 8. The molecule has 0 bridgehead atoms. The highest BCUT2D eigenvalue weighted by molar-refractivity contribution is 6.17. The van der Waals surface area contributed by atoms with E-state index in [1.54, 1.807) is 21.8 Å². The Balaban J connectivity index is 0. The monoisotopic (exact) mass is 1040 g/mol. The molecule has 0 unspecified atom stereocenters. The summed E-state index contributed by atoms with van der Waals surface area (Å²) in [5.41, 5.74) is 16.8. The minimum Gasteiger partial charge on any atom is -1.00 e. The number of unbranched alkanes of at least 4 members (excludes halogenated alkanes) is 1. The van der Waals surface area contributed by atoms with Crippen LogP contribution < -0.4 is 84.2 Å². The zero-order valence-corrected chi connectivity index (χ0v) is 41.8. The van der Waals surface area contributed by atoms with Gasteiger partial charge in [-0.2, -0.15) is 10.2 Å². The average molecular weight is 1040 g/mol. The number of carbonyl (C=O) groups is 2. The van der Waals surface area contributed by atoms with Crippen molar-refractivity contribution < 1.29 is 75.6 Å². The molecule has 4 heterocycles. The van der Waals surface area contributed by atoms with E-state index < -0.39 is 5.60 Å². The van der Waals surface area contributed by atoms with Gasteiger partial charge in [-0.25, -0.2) is 27.6 Å². The van der Waals surface area contributed by atoms with Crippen LogP contribution in [0, 0.1) is 0 Å². The number of anilines is 2. The van der Waals surface area contributed by atoms with Crippen LogP contribution in [-0.2, 0) is 53.6 Å². The molecule has 20 nitrogen and oxygen atoms in total. The van der Waals surface area contributed by atoms with Crippen LogP contribution in [-0.4, -0.2) is 65.1 Å². The summed E-state index contributed by atoms with van der Waals surface area (Å²) in [6, 6.07) is 0. The molecule has 24 heteroatoms. The number of rotatable bonds is 23.